The summed E-state index contributed by atoms with van der Waals surface area (Å²) in [6.07, 6.45) is 3.13. The molecule has 1 aliphatic heterocycles. The molecule has 1 aromatic heterocycles. The number of alkyl carbamates (subject to hydrolysis) is 1. The van der Waals surface area contributed by atoms with E-state index in [1.54, 1.807) is 25.3 Å². The highest BCUT2D eigenvalue weighted by atomic mass is 28.3. The number of nitrogens with one attached hydrogen (secondary N) is 2. The first-order valence-electron chi connectivity index (χ1n) is 10.7. The highest BCUT2D eigenvalue weighted by Gasteiger charge is 2.34. The molecule has 0 aromatic carbocycles. The number of amides is 2. The molecule has 1 fully saturated rings. The molecule has 1 aromatic rings. The first kappa shape index (κ1) is 25.1. The van der Waals surface area contributed by atoms with Crippen LogP contribution in [0.5, 0.6) is 0 Å². The van der Waals surface area contributed by atoms with Crippen LogP contribution in [0.4, 0.5) is 4.79 Å². The zero-order chi connectivity index (χ0) is 23.2. The number of carbonyl (C=O) groups excluding carboxylic acids is 3. The van der Waals surface area contributed by atoms with Crippen LogP contribution in [-0.2, 0) is 21.0 Å². The lowest BCUT2D eigenvalue weighted by Crippen LogP contribution is -2.45. The minimum absolute atomic E-state index is 0.105. The van der Waals surface area contributed by atoms with E-state index in [1.807, 2.05) is 0 Å². The van der Waals surface area contributed by atoms with Gasteiger partial charge in [-0.1, -0.05) is 19.6 Å². The highest BCUT2D eigenvalue weighted by molar-refractivity contribution is 6.76. The quantitative estimate of drug-likeness (QED) is 0.321. The third-order valence-electron chi connectivity index (χ3n) is 4.88. The van der Waals surface area contributed by atoms with Gasteiger partial charge in [-0.3, -0.25) is 9.59 Å². The van der Waals surface area contributed by atoms with E-state index < -0.39 is 25.8 Å². The molecule has 0 radical (unpaired) electrons. The van der Waals surface area contributed by atoms with Gasteiger partial charge in [0.15, 0.2) is 0 Å². The van der Waals surface area contributed by atoms with Crippen molar-refractivity contribution in [3.8, 4) is 0 Å². The van der Waals surface area contributed by atoms with Gasteiger partial charge in [-0.15, -0.1) is 0 Å². The van der Waals surface area contributed by atoms with Gasteiger partial charge < -0.3 is 24.7 Å². The van der Waals surface area contributed by atoms with Crippen molar-refractivity contribution in [1.82, 2.24) is 20.2 Å². The number of carbonyl (C=O) groups is 3. The first-order chi connectivity index (χ1) is 14.4. The fourth-order valence-electron chi connectivity index (χ4n) is 3.18. The largest absolute Gasteiger partial charge is 0.444 e. The molecule has 2 unspecified atom stereocenters. The minimum atomic E-state index is -1.21. The van der Waals surface area contributed by atoms with Gasteiger partial charge in [0.1, 0.15) is 18.0 Å². The number of nitrogens with zero attached hydrogens (tertiary/aromatic N) is 2. The van der Waals surface area contributed by atoms with Crippen molar-refractivity contribution in [3.05, 3.63) is 18.2 Å². The van der Waals surface area contributed by atoms with Gasteiger partial charge in [-0.2, -0.15) is 0 Å². The van der Waals surface area contributed by atoms with Crippen molar-refractivity contribution in [3.63, 3.8) is 0 Å². The van der Waals surface area contributed by atoms with E-state index in [-0.39, 0.29) is 30.8 Å². The van der Waals surface area contributed by atoms with Gasteiger partial charge in [0.25, 0.3) is 0 Å². The van der Waals surface area contributed by atoms with Crippen molar-refractivity contribution >= 4 is 25.9 Å². The Kier molecular flexibility index (Phi) is 8.41. The van der Waals surface area contributed by atoms with Gasteiger partial charge in [-0.05, 0) is 39.7 Å². The summed E-state index contributed by atoms with van der Waals surface area (Å²) in [5, 5.41) is 5.43. The average Bonchev–Trinajstić information content (AvgIpc) is 3.24. The summed E-state index contributed by atoms with van der Waals surface area (Å²) < 4.78 is 12.7. The summed E-state index contributed by atoms with van der Waals surface area (Å²) in [6.45, 7) is 13.5. The summed E-state index contributed by atoms with van der Waals surface area (Å²) >= 11 is 0. The third-order valence-corrected chi connectivity index (χ3v) is 6.59. The summed E-state index contributed by atoms with van der Waals surface area (Å²) in [5.41, 5.74) is -0.374. The first-order valence-corrected chi connectivity index (χ1v) is 14.5. The van der Waals surface area contributed by atoms with Gasteiger partial charge >= 0.3 is 6.09 Å². The molecule has 0 spiro atoms. The summed E-state index contributed by atoms with van der Waals surface area (Å²) in [4.78, 5) is 41.8. The number of ketones is 1. The molecule has 0 bridgehead atoms. The topological polar surface area (TPSA) is 112 Å². The molecule has 174 valence electrons. The van der Waals surface area contributed by atoms with Crippen LogP contribution < -0.4 is 10.6 Å². The van der Waals surface area contributed by atoms with Gasteiger partial charge in [-0.25, -0.2) is 9.78 Å². The van der Waals surface area contributed by atoms with Crippen LogP contribution in [0.2, 0.25) is 25.7 Å². The van der Waals surface area contributed by atoms with Crippen LogP contribution in [0, 0.1) is 5.92 Å². The number of ether oxygens (including phenoxy) is 2. The monoisotopic (exact) mass is 452 g/mol. The van der Waals surface area contributed by atoms with Gasteiger partial charge in [0, 0.05) is 27.1 Å². The molecule has 9 nitrogen and oxygen atoms in total. The predicted octanol–water partition coefficient (Wildman–Crippen LogP) is 2.80. The molecule has 2 heterocycles. The molecule has 2 atom stereocenters. The maximum Gasteiger partial charge on any atom is 0.408 e. The summed E-state index contributed by atoms with van der Waals surface area (Å²) in [5.74, 6) is -0.767. The molecular formula is C21H36N4O5Si. The third kappa shape index (κ3) is 8.45. The Labute approximate surface area is 185 Å². The second-order valence-electron chi connectivity index (χ2n) is 10.2. The molecule has 0 saturated carbocycles. The second-order valence-corrected chi connectivity index (χ2v) is 15.8. The standard InChI is InChI=1S/C21H36N4O5Si/c1-21(2,3)30-20(28)24-16(11-15-7-8-23-19(15)27)18(26)17-12-22-13-25(17)14-29-9-10-31(4,5)6/h12-13,15-16H,7-11,14H2,1-6H3,(H,23,27)(H,24,28). The van der Waals surface area contributed by atoms with Crippen LogP contribution in [-0.4, -0.2) is 60.2 Å². The fourth-order valence-corrected chi connectivity index (χ4v) is 3.94. The molecular weight excluding hydrogens is 416 g/mol. The molecule has 2 N–H and O–H groups in total. The summed E-state index contributed by atoms with van der Waals surface area (Å²) in [6, 6.07) is 0.117. The van der Waals surface area contributed by atoms with Crippen molar-refractivity contribution in [2.24, 2.45) is 5.92 Å². The second kappa shape index (κ2) is 10.4. The zero-order valence-corrected chi connectivity index (χ0v) is 20.5. The van der Waals surface area contributed by atoms with E-state index in [0.717, 1.165) is 6.04 Å². The lowest BCUT2D eigenvalue weighted by atomic mass is 9.95. The lowest BCUT2D eigenvalue weighted by molar-refractivity contribution is -0.122. The van der Waals surface area contributed by atoms with Crippen LogP contribution in [0.15, 0.2) is 12.5 Å². The Morgan fingerprint density at radius 3 is 2.65 bits per heavy atom. The van der Waals surface area contributed by atoms with Crippen molar-refractivity contribution < 1.29 is 23.9 Å². The Hall–Kier alpha value is -2.20. The number of rotatable bonds is 10. The molecule has 31 heavy (non-hydrogen) atoms. The molecule has 1 saturated heterocycles. The zero-order valence-electron chi connectivity index (χ0n) is 19.5. The Bertz CT molecular complexity index is 781. The number of Topliss-reactive ketones (excluding diaryl/α,β-unsaturated/α-hetero) is 1. The van der Waals surface area contributed by atoms with E-state index in [1.165, 1.54) is 12.5 Å². The molecule has 10 heteroatoms. The fraction of sp³-hybridized carbons (Fsp3) is 0.714. The molecule has 2 rings (SSSR count). The average molecular weight is 453 g/mol. The van der Waals surface area contributed by atoms with E-state index >= 15 is 0 Å². The lowest BCUT2D eigenvalue weighted by Gasteiger charge is -2.24. The number of imidazole rings is 1. The van der Waals surface area contributed by atoms with E-state index in [4.69, 9.17) is 9.47 Å². The summed E-state index contributed by atoms with van der Waals surface area (Å²) in [7, 11) is -1.21. The van der Waals surface area contributed by atoms with E-state index in [2.05, 4.69) is 35.3 Å². The number of hydrogen-bond donors (Lipinski definition) is 2. The molecule has 1 aliphatic rings. The Morgan fingerprint density at radius 1 is 1.35 bits per heavy atom. The van der Waals surface area contributed by atoms with E-state index in [0.29, 0.717) is 25.3 Å². The molecule has 0 aliphatic carbocycles. The van der Waals surface area contributed by atoms with Crippen LogP contribution in [0.3, 0.4) is 0 Å². The highest BCUT2D eigenvalue weighted by Crippen LogP contribution is 2.19. The maximum atomic E-state index is 13.3. The SMILES string of the molecule is CC(C)(C)OC(=O)NC(CC1CCNC1=O)C(=O)c1cncn1COCC[Si](C)(C)C. The Balaban J connectivity index is 2.10. The number of aromatic nitrogens is 2. The van der Waals surface area contributed by atoms with Crippen molar-refractivity contribution in [1.29, 1.82) is 0 Å². The van der Waals surface area contributed by atoms with Crippen molar-refractivity contribution in [2.75, 3.05) is 13.2 Å². The molecule has 2 amide bonds. The smallest absolute Gasteiger partial charge is 0.408 e. The Morgan fingerprint density at radius 2 is 2.06 bits per heavy atom. The van der Waals surface area contributed by atoms with Gasteiger partial charge in [0.2, 0.25) is 11.7 Å². The van der Waals surface area contributed by atoms with Crippen LogP contribution >= 0.6 is 0 Å². The van der Waals surface area contributed by atoms with Gasteiger partial charge in [0.05, 0.1) is 18.6 Å². The maximum absolute atomic E-state index is 13.3. The number of hydrogen-bond acceptors (Lipinski definition) is 6. The predicted molar refractivity (Wildman–Crippen MR) is 120 cm³/mol. The normalized spacial score (nSPS) is 17.9. The van der Waals surface area contributed by atoms with Crippen molar-refractivity contribution in [2.45, 2.75) is 77.7 Å². The van der Waals surface area contributed by atoms with Crippen LogP contribution in [0.25, 0.3) is 0 Å². The minimum Gasteiger partial charge on any atom is -0.444 e. The van der Waals surface area contributed by atoms with Crippen LogP contribution in [0.1, 0.15) is 44.1 Å². The van der Waals surface area contributed by atoms with E-state index in [9.17, 15) is 14.4 Å².